The summed E-state index contributed by atoms with van der Waals surface area (Å²) in [6, 6.07) is 0. The molecule has 0 spiro atoms. The van der Waals surface area contributed by atoms with E-state index in [1.54, 1.807) is 0 Å². The minimum Gasteiger partial charge on any atom is -0.383 e. The summed E-state index contributed by atoms with van der Waals surface area (Å²) >= 11 is 0. The molecule has 0 bridgehead atoms. The number of nitro groups is 1. The molecule has 0 aliphatic carbocycles. The monoisotopic (exact) mass is 362 g/mol. The van der Waals surface area contributed by atoms with E-state index < -0.39 is 25.5 Å². The van der Waals surface area contributed by atoms with E-state index in [1.807, 2.05) is 0 Å². The van der Waals surface area contributed by atoms with Crippen molar-refractivity contribution in [2.45, 2.75) is 44.9 Å². The van der Waals surface area contributed by atoms with Crippen LogP contribution in [0.3, 0.4) is 0 Å². The maximum atomic E-state index is 13.7. The lowest BCUT2D eigenvalue weighted by Crippen LogP contribution is -2.43. The molecule has 0 unspecified atom stereocenters. The first-order valence-electron chi connectivity index (χ1n) is 8.00. The Bertz CT molecular complexity index is 589. The van der Waals surface area contributed by atoms with Gasteiger partial charge in [-0.1, -0.05) is 19.6 Å². The molecule has 0 N–H and O–H groups in total. The Morgan fingerprint density at radius 2 is 2.17 bits per heavy atom. The van der Waals surface area contributed by atoms with Gasteiger partial charge in [-0.2, -0.15) is 5.10 Å². The Hall–Kier alpha value is -1.55. The fourth-order valence-electron chi connectivity index (χ4n) is 2.66. The van der Waals surface area contributed by atoms with Gasteiger partial charge in [-0.3, -0.25) is 10.1 Å². The van der Waals surface area contributed by atoms with Crippen LogP contribution < -0.4 is 4.90 Å². The molecular formula is C14H24F2N4O3Si. The highest BCUT2D eigenvalue weighted by Gasteiger charge is 2.39. The molecule has 1 aliphatic heterocycles. The summed E-state index contributed by atoms with van der Waals surface area (Å²) in [5, 5.41) is 15.2. The number of piperidine rings is 1. The van der Waals surface area contributed by atoms with Crippen LogP contribution in [0.25, 0.3) is 0 Å². The van der Waals surface area contributed by atoms with Crippen molar-refractivity contribution in [1.82, 2.24) is 9.78 Å². The van der Waals surface area contributed by atoms with E-state index in [2.05, 4.69) is 24.7 Å². The molecule has 1 fully saturated rings. The van der Waals surface area contributed by atoms with E-state index in [0.717, 1.165) is 6.20 Å². The van der Waals surface area contributed by atoms with Crippen LogP contribution in [0.4, 0.5) is 20.3 Å². The quantitative estimate of drug-likeness (QED) is 0.323. The highest BCUT2D eigenvalue weighted by atomic mass is 28.3. The maximum absolute atomic E-state index is 13.7. The molecule has 2 rings (SSSR count). The number of hydrogen-bond acceptors (Lipinski definition) is 5. The van der Waals surface area contributed by atoms with Gasteiger partial charge in [0.1, 0.15) is 6.20 Å². The van der Waals surface area contributed by atoms with Gasteiger partial charge >= 0.3 is 5.69 Å². The average Bonchev–Trinajstić information content (AvgIpc) is 2.85. The second-order valence-electron chi connectivity index (χ2n) is 7.33. The second kappa shape index (κ2) is 7.14. The molecule has 10 heteroatoms. The molecule has 1 aromatic rings. The fraction of sp³-hybridized carbons (Fsp3) is 0.786. The van der Waals surface area contributed by atoms with Gasteiger partial charge in [0.15, 0.2) is 0 Å². The summed E-state index contributed by atoms with van der Waals surface area (Å²) in [6.45, 7) is 7.01. The molecule has 2 heterocycles. The van der Waals surface area contributed by atoms with Crippen molar-refractivity contribution >= 4 is 19.6 Å². The number of hydrogen-bond donors (Lipinski definition) is 0. The smallest absolute Gasteiger partial charge is 0.331 e. The molecule has 0 saturated carbocycles. The molecule has 0 aromatic carbocycles. The maximum Gasteiger partial charge on any atom is 0.331 e. The number of nitrogens with zero attached hydrogens (tertiary/aromatic N) is 4. The predicted molar refractivity (Wildman–Crippen MR) is 89.4 cm³/mol. The lowest BCUT2D eigenvalue weighted by molar-refractivity contribution is -0.384. The SMILES string of the molecule is C[Si](C)(C)COCCn1ncc([N+](=O)[O-])c1N1CCCC(F)(F)C1. The molecule has 24 heavy (non-hydrogen) atoms. The Labute approximate surface area is 140 Å². The summed E-state index contributed by atoms with van der Waals surface area (Å²) in [5.41, 5.74) is -0.238. The first-order valence-corrected chi connectivity index (χ1v) is 11.7. The summed E-state index contributed by atoms with van der Waals surface area (Å²) in [4.78, 5) is 12.0. The van der Waals surface area contributed by atoms with E-state index in [4.69, 9.17) is 4.74 Å². The minimum absolute atomic E-state index is 0.149. The number of alkyl halides is 2. The van der Waals surface area contributed by atoms with Crippen molar-refractivity contribution in [2.24, 2.45) is 0 Å². The van der Waals surface area contributed by atoms with Gasteiger partial charge in [-0.25, -0.2) is 13.5 Å². The number of anilines is 1. The summed E-state index contributed by atoms with van der Waals surface area (Å²) < 4.78 is 34.4. The van der Waals surface area contributed by atoms with Crippen molar-refractivity contribution < 1.29 is 18.4 Å². The summed E-state index contributed by atoms with van der Waals surface area (Å²) in [6.07, 6.45) is 1.90. The molecule has 0 amide bonds. The fourth-order valence-corrected chi connectivity index (χ4v) is 3.42. The third-order valence-electron chi connectivity index (χ3n) is 3.66. The van der Waals surface area contributed by atoms with Gasteiger partial charge in [-0.15, -0.1) is 0 Å². The molecular weight excluding hydrogens is 338 g/mol. The Morgan fingerprint density at radius 3 is 2.75 bits per heavy atom. The topological polar surface area (TPSA) is 73.4 Å². The largest absolute Gasteiger partial charge is 0.383 e. The lowest BCUT2D eigenvalue weighted by Gasteiger charge is -2.33. The van der Waals surface area contributed by atoms with Crippen molar-refractivity contribution in [3.63, 3.8) is 0 Å². The molecule has 0 atom stereocenters. The third kappa shape index (κ3) is 4.97. The molecule has 1 saturated heterocycles. The standard InChI is InChI=1S/C14H24F2N4O3Si/c1-24(2,3)11-23-8-7-19-13(12(9-17-19)20(21)22)18-6-4-5-14(15,16)10-18/h9H,4-8,10-11H2,1-3H3. The van der Waals surface area contributed by atoms with Gasteiger partial charge in [0.05, 0.1) is 32.7 Å². The van der Waals surface area contributed by atoms with Crippen molar-refractivity contribution in [3.8, 4) is 0 Å². The van der Waals surface area contributed by atoms with Crippen LogP contribution in [0.1, 0.15) is 12.8 Å². The summed E-state index contributed by atoms with van der Waals surface area (Å²) in [7, 11) is -1.34. The first-order chi connectivity index (χ1) is 11.1. The average molecular weight is 362 g/mol. The highest BCUT2D eigenvalue weighted by molar-refractivity contribution is 6.76. The number of aromatic nitrogens is 2. The van der Waals surface area contributed by atoms with E-state index in [9.17, 15) is 18.9 Å². The first kappa shape index (κ1) is 18.8. The molecule has 1 aliphatic rings. The summed E-state index contributed by atoms with van der Waals surface area (Å²) in [5.74, 6) is -2.69. The Balaban J connectivity index is 2.12. The van der Waals surface area contributed by atoms with Crippen LogP contribution in [0.2, 0.25) is 19.6 Å². The van der Waals surface area contributed by atoms with E-state index in [-0.39, 0.29) is 17.9 Å². The van der Waals surface area contributed by atoms with Gasteiger partial charge in [0.2, 0.25) is 5.82 Å². The van der Waals surface area contributed by atoms with Gasteiger partial charge in [0, 0.05) is 19.2 Å². The van der Waals surface area contributed by atoms with Crippen LogP contribution in [0.15, 0.2) is 6.20 Å². The highest BCUT2D eigenvalue weighted by Crippen LogP contribution is 2.34. The molecule has 7 nitrogen and oxygen atoms in total. The van der Waals surface area contributed by atoms with Crippen molar-refractivity contribution in [1.29, 1.82) is 0 Å². The van der Waals surface area contributed by atoms with E-state index in [1.165, 1.54) is 9.58 Å². The lowest BCUT2D eigenvalue weighted by atomic mass is 10.1. The Kier molecular flexibility index (Phi) is 5.58. The Morgan fingerprint density at radius 1 is 1.46 bits per heavy atom. The molecule has 136 valence electrons. The van der Waals surface area contributed by atoms with Gasteiger partial charge in [-0.05, 0) is 6.42 Å². The number of rotatable bonds is 7. The molecule has 1 aromatic heterocycles. The second-order valence-corrected chi connectivity index (χ2v) is 12.7. The normalized spacial score (nSPS) is 18.0. The van der Waals surface area contributed by atoms with Crippen LogP contribution in [0.5, 0.6) is 0 Å². The zero-order valence-electron chi connectivity index (χ0n) is 14.3. The molecule has 0 radical (unpaired) electrons. The van der Waals surface area contributed by atoms with Crippen molar-refractivity contribution in [2.75, 3.05) is 30.8 Å². The van der Waals surface area contributed by atoms with Crippen LogP contribution >= 0.6 is 0 Å². The van der Waals surface area contributed by atoms with Crippen LogP contribution in [-0.4, -0.2) is 54.6 Å². The van der Waals surface area contributed by atoms with E-state index in [0.29, 0.717) is 32.3 Å². The zero-order chi connectivity index (χ0) is 18.0. The minimum atomic E-state index is -2.84. The van der Waals surface area contributed by atoms with Gasteiger partial charge < -0.3 is 9.64 Å². The number of halogens is 2. The van der Waals surface area contributed by atoms with Crippen LogP contribution in [-0.2, 0) is 11.3 Å². The predicted octanol–water partition coefficient (Wildman–Crippen LogP) is 2.92. The van der Waals surface area contributed by atoms with Crippen molar-refractivity contribution in [3.05, 3.63) is 16.3 Å². The van der Waals surface area contributed by atoms with Gasteiger partial charge in [0.25, 0.3) is 5.92 Å². The van der Waals surface area contributed by atoms with E-state index >= 15 is 0 Å². The third-order valence-corrected chi connectivity index (χ3v) is 4.73. The number of ether oxygens (including phenoxy) is 1. The zero-order valence-corrected chi connectivity index (χ0v) is 15.3. The van der Waals surface area contributed by atoms with Crippen LogP contribution in [0, 0.1) is 10.1 Å².